The number of hydrogen-bond acceptors (Lipinski definition) is 9. The average Bonchev–Trinajstić information content (AvgIpc) is 4.14. The van der Waals surface area contributed by atoms with E-state index in [2.05, 4.69) is 68.9 Å². The Kier molecular flexibility index (Phi) is 10.7. The van der Waals surface area contributed by atoms with Gasteiger partial charge in [-0.1, -0.05) is 60.7 Å². The van der Waals surface area contributed by atoms with Crippen LogP contribution in [0.5, 0.6) is 5.75 Å². The van der Waals surface area contributed by atoms with E-state index >= 15 is 0 Å². The molecule has 2 fully saturated rings. The number of allylic oxidation sites excluding steroid dienone is 1. The summed E-state index contributed by atoms with van der Waals surface area (Å²) in [6.07, 6.45) is 6.34. The van der Waals surface area contributed by atoms with Crippen LogP contribution in [0.3, 0.4) is 0 Å². The number of ether oxygens (including phenoxy) is 3. The minimum Gasteiger partial charge on any atom is -0.488 e. The average molecular weight is 822 g/mol. The van der Waals surface area contributed by atoms with Crippen LogP contribution >= 0.6 is 0 Å². The van der Waals surface area contributed by atoms with Crippen molar-refractivity contribution < 1.29 is 33.4 Å². The molecule has 0 unspecified atom stereocenters. The number of H-pyrrole nitrogens is 1. The number of benzene rings is 4. The lowest BCUT2D eigenvalue weighted by molar-refractivity contribution is -0.134. The van der Waals surface area contributed by atoms with E-state index in [1.54, 1.807) is 11.8 Å². The number of methoxy groups -OCH3 is 2. The van der Waals surface area contributed by atoms with E-state index in [4.69, 9.17) is 19.5 Å². The summed E-state index contributed by atoms with van der Waals surface area (Å²) in [4.78, 5) is 67.9. The minimum absolute atomic E-state index is 0.107. The van der Waals surface area contributed by atoms with Crippen LogP contribution in [0.4, 0.5) is 9.59 Å². The van der Waals surface area contributed by atoms with Gasteiger partial charge in [0.1, 0.15) is 30.3 Å². The molecule has 14 heteroatoms. The SMILES string of the molecule is COC(=O)N[C@@H](C)C(=O)N1CCC[C@H]1C1=NC=C(c2ccc3c(c2)COc2c-3ccc3cc(-c4cnc([C@@H]5CCCN5C(=O)[C@H](NC(=O)OC)c5ccccc5)[nH]4)ccc23)C1. The zero-order valence-corrected chi connectivity index (χ0v) is 34.3. The molecule has 9 rings (SSSR count). The first kappa shape index (κ1) is 39.5. The molecule has 0 bridgehead atoms. The van der Waals surface area contributed by atoms with Crippen LogP contribution in [0.15, 0.2) is 96.3 Å². The summed E-state index contributed by atoms with van der Waals surface area (Å²) >= 11 is 0. The third kappa shape index (κ3) is 7.58. The van der Waals surface area contributed by atoms with Gasteiger partial charge >= 0.3 is 12.2 Å². The van der Waals surface area contributed by atoms with Gasteiger partial charge < -0.3 is 39.6 Å². The monoisotopic (exact) mass is 821 g/mol. The molecule has 0 spiro atoms. The second-order valence-electron chi connectivity index (χ2n) is 15.9. The van der Waals surface area contributed by atoms with Gasteiger partial charge in [-0.25, -0.2) is 14.6 Å². The van der Waals surface area contributed by atoms with Crippen molar-refractivity contribution in [3.63, 3.8) is 0 Å². The lowest BCUT2D eigenvalue weighted by atomic mass is 9.90. The van der Waals surface area contributed by atoms with Crippen molar-refractivity contribution in [1.29, 1.82) is 0 Å². The summed E-state index contributed by atoms with van der Waals surface area (Å²) in [6, 6.07) is 24.2. The van der Waals surface area contributed by atoms with Crippen molar-refractivity contribution in [2.75, 3.05) is 27.3 Å². The maximum Gasteiger partial charge on any atom is 0.407 e. The van der Waals surface area contributed by atoms with Crippen LogP contribution in [-0.4, -0.2) is 88.9 Å². The molecule has 14 nitrogen and oxygen atoms in total. The number of rotatable bonds is 9. The number of carbonyl (C=O) groups is 4. The van der Waals surface area contributed by atoms with Crippen molar-refractivity contribution >= 4 is 46.1 Å². The van der Waals surface area contributed by atoms with Gasteiger partial charge in [0, 0.05) is 47.9 Å². The van der Waals surface area contributed by atoms with E-state index in [0.717, 1.165) is 87.0 Å². The minimum atomic E-state index is -0.888. The van der Waals surface area contributed by atoms with Crippen LogP contribution in [0.25, 0.3) is 38.7 Å². The molecule has 3 N–H and O–H groups in total. The van der Waals surface area contributed by atoms with Crippen molar-refractivity contribution in [1.82, 2.24) is 30.4 Å². The molecule has 61 heavy (non-hydrogen) atoms. The third-order valence-corrected chi connectivity index (χ3v) is 12.3. The lowest BCUT2D eigenvalue weighted by Gasteiger charge is -2.28. The molecule has 4 aromatic carbocycles. The van der Waals surface area contributed by atoms with Crippen LogP contribution in [0.2, 0.25) is 0 Å². The summed E-state index contributed by atoms with van der Waals surface area (Å²) in [7, 11) is 2.56. The van der Waals surface area contributed by atoms with Crippen LogP contribution in [0, 0.1) is 0 Å². The molecule has 4 amide bonds. The Morgan fingerprint density at radius 1 is 0.820 bits per heavy atom. The predicted molar refractivity (Wildman–Crippen MR) is 229 cm³/mol. The fraction of sp³-hybridized carbons (Fsp3) is 0.319. The Morgan fingerprint density at radius 3 is 2.33 bits per heavy atom. The first-order valence-electron chi connectivity index (χ1n) is 20.7. The summed E-state index contributed by atoms with van der Waals surface area (Å²) in [5, 5.41) is 7.35. The van der Waals surface area contributed by atoms with Crippen molar-refractivity contribution in [3.8, 4) is 28.1 Å². The fourth-order valence-corrected chi connectivity index (χ4v) is 9.16. The van der Waals surface area contributed by atoms with E-state index in [-0.39, 0.29) is 23.9 Å². The number of nitrogens with zero attached hydrogens (tertiary/aromatic N) is 4. The molecule has 5 heterocycles. The molecule has 5 aromatic rings. The number of hydrogen-bond donors (Lipinski definition) is 3. The first-order chi connectivity index (χ1) is 29.7. The number of likely N-dealkylation sites (tertiary alicyclic amines) is 2. The smallest absolute Gasteiger partial charge is 0.407 e. The summed E-state index contributed by atoms with van der Waals surface area (Å²) in [6.45, 7) is 3.27. The number of aromatic nitrogens is 2. The van der Waals surface area contributed by atoms with Gasteiger partial charge in [0.15, 0.2) is 0 Å². The lowest BCUT2D eigenvalue weighted by Crippen LogP contribution is -2.50. The first-order valence-corrected chi connectivity index (χ1v) is 20.7. The van der Waals surface area contributed by atoms with E-state index in [9.17, 15) is 19.2 Å². The largest absolute Gasteiger partial charge is 0.488 e. The highest BCUT2D eigenvalue weighted by molar-refractivity contribution is 6.04. The highest BCUT2D eigenvalue weighted by atomic mass is 16.5. The summed E-state index contributed by atoms with van der Waals surface area (Å²) in [5.74, 6) is 1.19. The number of imidazole rings is 1. The molecule has 0 aliphatic carbocycles. The molecular weight excluding hydrogens is 775 g/mol. The number of fused-ring (bicyclic) bond motifs is 5. The van der Waals surface area contributed by atoms with Gasteiger partial charge in [-0.2, -0.15) is 0 Å². The molecule has 4 atom stereocenters. The number of alkyl carbamates (subject to hydrolysis) is 2. The van der Waals surface area contributed by atoms with Crippen LogP contribution in [0.1, 0.15) is 73.6 Å². The van der Waals surface area contributed by atoms with E-state index in [0.29, 0.717) is 37.5 Å². The van der Waals surface area contributed by atoms with Crippen molar-refractivity contribution in [3.05, 3.63) is 114 Å². The molecule has 4 aliphatic heterocycles. The molecule has 0 radical (unpaired) electrons. The number of aliphatic imine (C=N–C) groups is 1. The van der Waals surface area contributed by atoms with Crippen molar-refractivity contribution in [2.45, 2.75) is 69.8 Å². The number of carbonyl (C=O) groups excluding carboxylic acids is 4. The number of nitrogens with one attached hydrogen (secondary N) is 3. The third-order valence-electron chi connectivity index (χ3n) is 12.3. The topological polar surface area (TPSA) is 168 Å². The highest BCUT2D eigenvalue weighted by Gasteiger charge is 2.38. The summed E-state index contributed by atoms with van der Waals surface area (Å²) in [5.41, 5.74) is 8.85. The van der Waals surface area contributed by atoms with Gasteiger partial charge in [0.2, 0.25) is 5.91 Å². The van der Waals surface area contributed by atoms with Gasteiger partial charge in [-0.3, -0.25) is 14.6 Å². The predicted octanol–water partition coefficient (Wildman–Crippen LogP) is 7.47. The van der Waals surface area contributed by atoms with E-state index < -0.39 is 24.3 Å². The van der Waals surface area contributed by atoms with Gasteiger partial charge in [0.25, 0.3) is 5.91 Å². The number of amides is 4. The van der Waals surface area contributed by atoms with Crippen molar-refractivity contribution in [2.24, 2.45) is 4.99 Å². The molecular formula is C47H47N7O7. The highest BCUT2D eigenvalue weighted by Crippen LogP contribution is 2.44. The maximum absolute atomic E-state index is 14.0. The molecule has 2 saturated heterocycles. The van der Waals surface area contributed by atoms with Gasteiger partial charge in [0.05, 0.1) is 38.2 Å². The maximum atomic E-state index is 14.0. The number of aromatic amines is 1. The summed E-state index contributed by atoms with van der Waals surface area (Å²) < 4.78 is 16.0. The van der Waals surface area contributed by atoms with E-state index in [1.165, 1.54) is 14.2 Å². The van der Waals surface area contributed by atoms with Gasteiger partial charge in [-0.15, -0.1) is 0 Å². The molecule has 1 aromatic heterocycles. The van der Waals surface area contributed by atoms with E-state index in [1.807, 2.05) is 47.6 Å². The second-order valence-corrected chi connectivity index (χ2v) is 15.9. The van der Waals surface area contributed by atoms with Crippen LogP contribution in [-0.2, 0) is 25.7 Å². The molecule has 0 saturated carbocycles. The second kappa shape index (κ2) is 16.6. The Hall–Kier alpha value is -6.96. The molecule has 312 valence electrons. The van der Waals surface area contributed by atoms with Gasteiger partial charge in [-0.05, 0) is 84.0 Å². The quantitative estimate of drug-likeness (QED) is 0.138. The Bertz CT molecular complexity index is 2600. The zero-order chi connectivity index (χ0) is 42.2. The Labute approximate surface area is 353 Å². The fourth-order valence-electron chi connectivity index (χ4n) is 9.16. The standard InChI is InChI=1S/C47H47N7O7/c1-27(50-46(57)59-2)44(55)53-19-7-11-39(53)37-23-32(24-48-37)29-13-16-34-33(21-29)26-61-42-35-17-15-31(22-30(35)14-18-36(34)42)38-25-49-43(51-38)40-12-8-20-54(40)45(56)41(52-47(58)60-3)28-9-5-4-6-10-28/h4-6,9-10,13-18,21-22,24-25,27,39-41H,7-8,11-12,19-20,23,26H2,1-3H3,(H,49,51)(H,50,57)(H,52,58)/t27-,39-,40-,41+/m0/s1. The zero-order valence-electron chi connectivity index (χ0n) is 34.3. The Balaban J connectivity index is 0.891. The normalized spacial score (nSPS) is 18.9. The van der Waals surface area contributed by atoms with Crippen LogP contribution < -0.4 is 15.4 Å². The Morgan fingerprint density at radius 2 is 1.54 bits per heavy atom. The molecule has 4 aliphatic rings.